The van der Waals surface area contributed by atoms with Crippen molar-refractivity contribution in [2.45, 2.75) is 46.3 Å². The molecule has 0 spiro atoms. The second-order valence-corrected chi connectivity index (χ2v) is 5.72. The number of rotatable bonds is 9. The molecule has 0 saturated carbocycles. The van der Waals surface area contributed by atoms with Gasteiger partial charge in [0.25, 0.3) is 0 Å². The van der Waals surface area contributed by atoms with E-state index in [1.807, 2.05) is 27.0 Å². The van der Waals surface area contributed by atoms with Crippen molar-refractivity contribution >= 4 is 5.69 Å². The van der Waals surface area contributed by atoms with Gasteiger partial charge in [-0.2, -0.15) is 0 Å². The first-order valence-corrected chi connectivity index (χ1v) is 7.81. The summed E-state index contributed by atoms with van der Waals surface area (Å²) in [6, 6.07) is 5.13. The molecule has 1 aromatic rings. The summed E-state index contributed by atoms with van der Waals surface area (Å²) in [4.78, 5) is 2.13. The molecule has 1 N–H and O–H groups in total. The maximum Gasteiger partial charge on any atom is 0.123 e. The molecule has 0 aliphatic carbocycles. The largest absolute Gasteiger partial charge is 0.377 e. The highest BCUT2D eigenvalue weighted by Gasteiger charge is 2.14. The van der Waals surface area contributed by atoms with Crippen LogP contribution in [0.25, 0.3) is 0 Å². The van der Waals surface area contributed by atoms with Gasteiger partial charge in [0.15, 0.2) is 0 Å². The fourth-order valence-electron chi connectivity index (χ4n) is 2.24. The summed E-state index contributed by atoms with van der Waals surface area (Å²) in [6.45, 7) is 10.6. The molecule has 1 unspecified atom stereocenters. The maximum atomic E-state index is 13.6. The first-order valence-electron chi connectivity index (χ1n) is 7.81. The fraction of sp³-hybridized carbons (Fsp3) is 0.647. The third-order valence-electron chi connectivity index (χ3n) is 3.45. The van der Waals surface area contributed by atoms with Gasteiger partial charge in [-0.25, -0.2) is 4.39 Å². The number of benzene rings is 1. The number of hydrogen-bond donors (Lipinski definition) is 1. The Hall–Kier alpha value is -1.13. The first-order chi connectivity index (χ1) is 9.95. The molecule has 1 rings (SSSR count). The molecule has 21 heavy (non-hydrogen) atoms. The van der Waals surface area contributed by atoms with E-state index in [0.29, 0.717) is 6.61 Å². The molecule has 0 aromatic heterocycles. The zero-order valence-corrected chi connectivity index (χ0v) is 13.9. The summed E-state index contributed by atoms with van der Waals surface area (Å²) in [5.74, 6) is -0.189. The van der Waals surface area contributed by atoms with Crippen LogP contribution in [0.5, 0.6) is 0 Å². The normalized spacial score (nSPS) is 12.7. The molecular weight excluding hydrogens is 267 g/mol. The standard InChI is InChI=1S/C17H29FN2O/c1-6-9-19-14(4)16-12-15(18)7-8-17(16)20(5)10-11-21-13(2)3/h7-8,12-14,19H,6,9-11H2,1-5H3. The molecule has 4 heteroatoms. The van der Waals surface area contributed by atoms with E-state index < -0.39 is 0 Å². The van der Waals surface area contributed by atoms with E-state index in [-0.39, 0.29) is 18.0 Å². The van der Waals surface area contributed by atoms with Crippen molar-refractivity contribution in [1.29, 1.82) is 0 Å². The maximum absolute atomic E-state index is 13.6. The van der Waals surface area contributed by atoms with Gasteiger partial charge in [0.1, 0.15) is 5.82 Å². The Balaban J connectivity index is 2.79. The lowest BCUT2D eigenvalue weighted by molar-refractivity contribution is 0.0846. The number of nitrogens with one attached hydrogen (secondary N) is 1. The predicted molar refractivity (Wildman–Crippen MR) is 87.5 cm³/mol. The summed E-state index contributed by atoms with van der Waals surface area (Å²) in [7, 11) is 2.02. The zero-order chi connectivity index (χ0) is 15.8. The zero-order valence-electron chi connectivity index (χ0n) is 13.9. The van der Waals surface area contributed by atoms with Crippen LogP contribution in [-0.4, -0.2) is 32.8 Å². The topological polar surface area (TPSA) is 24.5 Å². The van der Waals surface area contributed by atoms with Gasteiger partial charge in [-0.05, 0) is 57.5 Å². The Labute approximate surface area is 128 Å². The van der Waals surface area contributed by atoms with E-state index in [1.54, 1.807) is 6.07 Å². The van der Waals surface area contributed by atoms with E-state index in [1.165, 1.54) is 6.07 Å². The van der Waals surface area contributed by atoms with E-state index in [0.717, 1.165) is 30.8 Å². The molecule has 1 atom stereocenters. The highest BCUT2D eigenvalue weighted by Crippen LogP contribution is 2.26. The summed E-state index contributed by atoms with van der Waals surface area (Å²) < 4.78 is 19.2. The predicted octanol–water partition coefficient (Wildman–Crippen LogP) is 3.75. The summed E-state index contributed by atoms with van der Waals surface area (Å²) >= 11 is 0. The summed E-state index contributed by atoms with van der Waals surface area (Å²) in [5, 5.41) is 3.42. The summed E-state index contributed by atoms with van der Waals surface area (Å²) in [5.41, 5.74) is 2.05. The van der Waals surface area contributed by atoms with Gasteiger partial charge in [0.05, 0.1) is 12.7 Å². The Bertz CT molecular complexity index is 423. The van der Waals surface area contributed by atoms with Crippen LogP contribution in [0, 0.1) is 5.82 Å². The van der Waals surface area contributed by atoms with Crippen LogP contribution in [0.2, 0.25) is 0 Å². The highest BCUT2D eigenvalue weighted by atomic mass is 19.1. The lowest BCUT2D eigenvalue weighted by Gasteiger charge is -2.26. The number of ether oxygens (including phenoxy) is 1. The van der Waals surface area contributed by atoms with Gasteiger partial charge in [-0.15, -0.1) is 0 Å². The molecule has 0 saturated heterocycles. The average molecular weight is 296 g/mol. The van der Waals surface area contributed by atoms with Crippen molar-refractivity contribution in [3.05, 3.63) is 29.6 Å². The number of anilines is 1. The molecular formula is C17H29FN2O. The molecule has 0 heterocycles. The van der Waals surface area contributed by atoms with Crippen LogP contribution in [0.1, 0.15) is 45.7 Å². The molecule has 0 amide bonds. The third kappa shape index (κ3) is 6.02. The quantitative estimate of drug-likeness (QED) is 0.751. The molecule has 120 valence electrons. The minimum absolute atomic E-state index is 0.129. The lowest BCUT2D eigenvalue weighted by atomic mass is 10.0. The minimum Gasteiger partial charge on any atom is -0.377 e. The molecule has 0 aliphatic heterocycles. The van der Waals surface area contributed by atoms with Crippen molar-refractivity contribution in [2.24, 2.45) is 0 Å². The Kier molecular flexibility index (Phi) is 7.68. The van der Waals surface area contributed by atoms with Crippen LogP contribution in [0.15, 0.2) is 18.2 Å². The summed E-state index contributed by atoms with van der Waals surface area (Å²) in [6.07, 6.45) is 1.30. The number of halogens is 1. The van der Waals surface area contributed by atoms with E-state index in [4.69, 9.17) is 4.74 Å². The van der Waals surface area contributed by atoms with Gasteiger partial charge in [0, 0.05) is 25.3 Å². The van der Waals surface area contributed by atoms with Crippen LogP contribution in [0.4, 0.5) is 10.1 Å². The first kappa shape index (κ1) is 17.9. The molecule has 0 fully saturated rings. The molecule has 0 bridgehead atoms. The van der Waals surface area contributed by atoms with Crippen molar-refractivity contribution in [1.82, 2.24) is 5.32 Å². The van der Waals surface area contributed by atoms with Crippen molar-refractivity contribution < 1.29 is 9.13 Å². The van der Waals surface area contributed by atoms with Crippen LogP contribution in [0.3, 0.4) is 0 Å². The van der Waals surface area contributed by atoms with Gasteiger partial charge in [-0.1, -0.05) is 6.92 Å². The minimum atomic E-state index is -0.189. The monoisotopic (exact) mass is 296 g/mol. The van der Waals surface area contributed by atoms with Crippen molar-refractivity contribution in [3.63, 3.8) is 0 Å². The third-order valence-corrected chi connectivity index (χ3v) is 3.45. The number of hydrogen-bond acceptors (Lipinski definition) is 3. The molecule has 3 nitrogen and oxygen atoms in total. The fourth-order valence-corrected chi connectivity index (χ4v) is 2.24. The SMILES string of the molecule is CCCNC(C)c1cc(F)ccc1N(C)CCOC(C)C. The lowest BCUT2D eigenvalue weighted by Crippen LogP contribution is -2.27. The highest BCUT2D eigenvalue weighted by molar-refractivity contribution is 5.54. The van der Waals surface area contributed by atoms with Crippen LogP contribution in [-0.2, 0) is 4.74 Å². The Morgan fingerprint density at radius 3 is 2.62 bits per heavy atom. The average Bonchev–Trinajstić information content (AvgIpc) is 2.44. The molecule has 0 aliphatic rings. The van der Waals surface area contributed by atoms with Crippen molar-refractivity contribution in [2.75, 3.05) is 31.6 Å². The number of nitrogens with zero attached hydrogens (tertiary/aromatic N) is 1. The smallest absolute Gasteiger partial charge is 0.123 e. The van der Waals surface area contributed by atoms with E-state index >= 15 is 0 Å². The van der Waals surface area contributed by atoms with Crippen LogP contribution >= 0.6 is 0 Å². The molecule has 0 radical (unpaired) electrons. The van der Waals surface area contributed by atoms with Crippen molar-refractivity contribution in [3.8, 4) is 0 Å². The van der Waals surface area contributed by atoms with Gasteiger partial charge in [0.2, 0.25) is 0 Å². The van der Waals surface area contributed by atoms with E-state index in [9.17, 15) is 4.39 Å². The number of likely N-dealkylation sites (N-methyl/N-ethyl adjacent to an activating group) is 1. The Morgan fingerprint density at radius 1 is 1.29 bits per heavy atom. The Morgan fingerprint density at radius 2 is 2.00 bits per heavy atom. The second-order valence-electron chi connectivity index (χ2n) is 5.72. The van der Waals surface area contributed by atoms with E-state index in [2.05, 4.69) is 24.1 Å². The van der Waals surface area contributed by atoms with Crippen LogP contribution < -0.4 is 10.2 Å². The van der Waals surface area contributed by atoms with Gasteiger partial charge < -0.3 is 15.0 Å². The van der Waals surface area contributed by atoms with Gasteiger partial charge in [-0.3, -0.25) is 0 Å². The van der Waals surface area contributed by atoms with Gasteiger partial charge >= 0.3 is 0 Å². The molecule has 1 aromatic carbocycles. The second kappa shape index (κ2) is 9.00.